The third-order valence-corrected chi connectivity index (χ3v) is 8.83. The van der Waals surface area contributed by atoms with Gasteiger partial charge >= 0.3 is 5.97 Å². The maximum absolute atomic E-state index is 12.1. The van der Waals surface area contributed by atoms with Crippen LogP contribution in [0.1, 0.15) is 59.2 Å². The van der Waals surface area contributed by atoms with Crippen LogP contribution in [0.25, 0.3) is 21.8 Å². The fraction of sp³-hybridized carbons (Fsp3) is 0.189. The van der Waals surface area contributed by atoms with Crippen molar-refractivity contribution >= 4 is 39.4 Å². The van der Waals surface area contributed by atoms with E-state index in [4.69, 9.17) is 21.3 Å². The van der Waals surface area contributed by atoms with E-state index in [1.165, 1.54) is 11.1 Å². The van der Waals surface area contributed by atoms with Gasteiger partial charge in [0, 0.05) is 45.4 Å². The zero-order chi connectivity index (χ0) is 29.3. The van der Waals surface area contributed by atoms with Crippen LogP contribution in [-0.2, 0) is 17.9 Å². The normalized spacial score (nSPS) is 16.3. The molecule has 2 atom stereocenters. The second-order valence-electron chi connectivity index (χ2n) is 11.3. The zero-order valence-electron chi connectivity index (χ0n) is 23.6. The predicted molar refractivity (Wildman–Crippen MR) is 171 cm³/mol. The summed E-state index contributed by atoms with van der Waals surface area (Å²) in [4.78, 5) is 16.8. The minimum absolute atomic E-state index is 0.0849. The van der Waals surface area contributed by atoms with Crippen molar-refractivity contribution in [1.82, 2.24) is 9.55 Å². The predicted octanol–water partition coefficient (Wildman–Crippen LogP) is 8.95. The van der Waals surface area contributed by atoms with Crippen LogP contribution in [0.5, 0.6) is 5.75 Å². The van der Waals surface area contributed by atoms with Crippen molar-refractivity contribution in [1.29, 1.82) is 0 Å². The van der Waals surface area contributed by atoms with Crippen molar-refractivity contribution < 1.29 is 14.6 Å². The smallest absolute Gasteiger partial charge is 0.304 e. The van der Waals surface area contributed by atoms with Gasteiger partial charge in [-0.15, -0.1) is 0 Å². The number of pyridine rings is 1. The van der Waals surface area contributed by atoms with Crippen LogP contribution in [0, 0.1) is 0 Å². The quantitative estimate of drug-likeness (QED) is 0.193. The Morgan fingerprint density at radius 3 is 2.51 bits per heavy atom. The molecule has 1 N–H and O–H groups in total. The number of halogens is 1. The summed E-state index contributed by atoms with van der Waals surface area (Å²) in [7, 11) is 0. The van der Waals surface area contributed by atoms with Gasteiger partial charge in [-0.2, -0.15) is 0 Å². The molecule has 43 heavy (non-hydrogen) atoms. The van der Waals surface area contributed by atoms with Crippen LogP contribution >= 0.6 is 11.6 Å². The van der Waals surface area contributed by atoms with E-state index in [1.807, 2.05) is 60.7 Å². The molecule has 0 saturated carbocycles. The number of nitrogens with zero attached hydrogens (tertiary/aromatic N) is 2. The number of aliphatic carboxylic acids is 1. The largest absolute Gasteiger partial charge is 0.487 e. The summed E-state index contributed by atoms with van der Waals surface area (Å²) in [6.07, 6.45) is 1.80. The molecule has 0 saturated heterocycles. The van der Waals surface area contributed by atoms with Gasteiger partial charge in [0.2, 0.25) is 0 Å². The second-order valence-corrected chi connectivity index (χ2v) is 11.7. The highest BCUT2D eigenvalue weighted by molar-refractivity contribution is 6.30. The molecule has 0 radical (unpaired) electrons. The number of carboxylic acids is 1. The van der Waals surface area contributed by atoms with Gasteiger partial charge in [-0.3, -0.25) is 4.79 Å². The summed E-state index contributed by atoms with van der Waals surface area (Å²) in [5, 5.41) is 12.8. The van der Waals surface area contributed by atoms with Crippen molar-refractivity contribution in [2.75, 3.05) is 0 Å². The van der Waals surface area contributed by atoms with Crippen LogP contribution in [0.15, 0.2) is 109 Å². The number of carbonyl (C=O) groups is 1. The van der Waals surface area contributed by atoms with Crippen molar-refractivity contribution in [3.8, 4) is 5.75 Å². The lowest BCUT2D eigenvalue weighted by Gasteiger charge is -2.31. The first-order valence-electron chi connectivity index (χ1n) is 14.7. The van der Waals surface area contributed by atoms with E-state index in [2.05, 4.69) is 53.1 Å². The lowest BCUT2D eigenvalue weighted by molar-refractivity contribution is -0.137. The minimum atomic E-state index is -0.774. The number of carboxylic acid groups (broad SMARTS) is 1. The summed E-state index contributed by atoms with van der Waals surface area (Å²) in [5.41, 5.74) is 7.57. The Kier molecular flexibility index (Phi) is 7.33. The molecule has 0 aliphatic heterocycles. The Balaban J connectivity index is 1.34. The average Bonchev–Trinajstić information content (AvgIpc) is 3.35. The molecule has 1 aliphatic rings. The first-order valence-corrected chi connectivity index (χ1v) is 15.1. The first-order chi connectivity index (χ1) is 21.0. The van der Waals surface area contributed by atoms with Gasteiger partial charge in [0.15, 0.2) is 0 Å². The van der Waals surface area contributed by atoms with Crippen LogP contribution < -0.4 is 4.74 Å². The van der Waals surface area contributed by atoms with Gasteiger partial charge in [0.05, 0.1) is 17.6 Å². The number of benzene rings is 4. The molecule has 0 bridgehead atoms. The summed E-state index contributed by atoms with van der Waals surface area (Å²) in [5.74, 6) is 0.0661. The molecule has 1 aliphatic carbocycles. The fourth-order valence-electron chi connectivity index (χ4n) is 6.64. The lowest BCUT2D eigenvalue weighted by atomic mass is 9.75. The van der Waals surface area contributed by atoms with Gasteiger partial charge < -0.3 is 14.4 Å². The van der Waals surface area contributed by atoms with Gasteiger partial charge in [-0.05, 0) is 72.0 Å². The molecule has 0 spiro atoms. The lowest BCUT2D eigenvalue weighted by Crippen LogP contribution is -2.20. The number of aromatic nitrogens is 2. The molecule has 214 valence electrons. The number of para-hydroxylation sites is 1. The molecule has 2 unspecified atom stereocenters. The highest BCUT2D eigenvalue weighted by Gasteiger charge is 2.35. The molecule has 0 fully saturated rings. The van der Waals surface area contributed by atoms with Crippen molar-refractivity contribution in [2.24, 2.45) is 0 Å². The van der Waals surface area contributed by atoms with Gasteiger partial charge in [-0.25, -0.2) is 4.98 Å². The SMILES string of the molecule is O=C(O)CC1CCC(c2ccccc2)c2c1n(Cc1ccc(Cl)cc1)c1ccc(OCc3ccc4ccccc4n3)cc21. The van der Waals surface area contributed by atoms with Crippen molar-refractivity contribution in [2.45, 2.75) is 44.2 Å². The monoisotopic (exact) mass is 586 g/mol. The Bertz CT molecular complexity index is 1930. The van der Waals surface area contributed by atoms with E-state index in [-0.39, 0.29) is 18.3 Å². The van der Waals surface area contributed by atoms with Crippen LogP contribution in [0.4, 0.5) is 0 Å². The molecule has 6 aromatic rings. The standard InChI is InChI=1S/C37H31ClN2O3/c38-28-14-10-24(11-15-28)22-40-34-19-17-30(43-23-29-16-12-26-8-4-5-9-33(26)39-29)21-32(34)36-31(25-6-2-1-3-7-25)18-13-27(37(36)40)20-35(41)42/h1-12,14-17,19,21,27,31H,13,18,20,22-23H2,(H,41,42). The molecule has 0 amide bonds. The Hall–Kier alpha value is -4.61. The molecule has 6 heteroatoms. The molecule has 2 heterocycles. The summed E-state index contributed by atoms with van der Waals surface area (Å²) in [6.45, 7) is 0.982. The maximum Gasteiger partial charge on any atom is 0.304 e. The number of rotatable bonds is 8. The molecular formula is C37H31ClN2O3. The summed E-state index contributed by atoms with van der Waals surface area (Å²) in [6, 6.07) is 36.9. The van der Waals surface area contributed by atoms with Crippen LogP contribution in [0.2, 0.25) is 5.02 Å². The average molecular weight is 587 g/mol. The highest BCUT2D eigenvalue weighted by Crippen LogP contribution is 2.49. The number of hydrogen-bond acceptors (Lipinski definition) is 3. The van der Waals surface area contributed by atoms with Gasteiger partial charge in [-0.1, -0.05) is 78.3 Å². The Labute approximate surface area is 255 Å². The first kappa shape index (κ1) is 27.2. The summed E-state index contributed by atoms with van der Waals surface area (Å²) < 4.78 is 8.66. The van der Waals surface area contributed by atoms with E-state index >= 15 is 0 Å². The van der Waals surface area contributed by atoms with Gasteiger partial charge in [0.25, 0.3) is 0 Å². The highest BCUT2D eigenvalue weighted by atomic mass is 35.5. The number of fused-ring (bicyclic) bond motifs is 4. The second kappa shape index (κ2) is 11.6. The molecule has 4 aromatic carbocycles. The minimum Gasteiger partial charge on any atom is -0.487 e. The third-order valence-electron chi connectivity index (χ3n) is 8.57. The number of ether oxygens (including phenoxy) is 1. The van der Waals surface area contributed by atoms with E-state index in [9.17, 15) is 9.90 Å². The van der Waals surface area contributed by atoms with E-state index in [0.29, 0.717) is 18.2 Å². The Morgan fingerprint density at radius 2 is 1.70 bits per heavy atom. The molecular weight excluding hydrogens is 556 g/mol. The number of hydrogen-bond donors (Lipinski definition) is 1. The third kappa shape index (κ3) is 5.49. The maximum atomic E-state index is 12.1. The zero-order valence-corrected chi connectivity index (χ0v) is 24.4. The molecule has 2 aromatic heterocycles. The van der Waals surface area contributed by atoms with Crippen molar-refractivity contribution in [3.05, 3.63) is 142 Å². The molecule has 5 nitrogen and oxygen atoms in total. The van der Waals surface area contributed by atoms with E-state index < -0.39 is 5.97 Å². The fourth-order valence-corrected chi connectivity index (χ4v) is 6.77. The Morgan fingerprint density at radius 1 is 0.907 bits per heavy atom. The van der Waals surface area contributed by atoms with Gasteiger partial charge in [0.1, 0.15) is 12.4 Å². The van der Waals surface area contributed by atoms with Crippen molar-refractivity contribution in [3.63, 3.8) is 0 Å². The van der Waals surface area contributed by atoms with Crippen LogP contribution in [-0.4, -0.2) is 20.6 Å². The van der Waals surface area contributed by atoms with E-state index in [0.717, 1.165) is 57.3 Å². The summed E-state index contributed by atoms with van der Waals surface area (Å²) >= 11 is 6.20. The molecule has 7 rings (SSSR count). The van der Waals surface area contributed by atoms with Crippen LogP contribution in [0.3, 0.4) is 0 Å². The van der Waals surface area contributed by atoms with E-state index in [1.54, 1.807) is 0 Å². The topological polar surface area (TPSA) is 64.3 Å².